The van der Waals surface area contributed by atoms with Gasteiger partial charge in [0.25, 0.3) is 0 Å². The fourth-order valence-corrected chi connectivity index (χ4v) is 1.65. The van der Waals surface area contributed by atoms with Gasteiger partial charge in [-0.2, -0.15) is 0 Å². The number of carboxylic acid groups (broad SMARTS) is 1. The lowest BCUT2D eigenvalue weighted by Crippen LogP contribution is -2.40. The summed E-state index contributed by atoms with van der Waals surface area (Å²) in [6.45, 7) is 4.88. The number of carbonyl (C=O) groups excluding carboxylic acids is 1. The first kappa shape index (κ1) is 15.9. The van der Waals surface area contributed by atoms with Crippen LogP contribution in [0.3, 0.4) is 0 Å². The van der Waals surface area contributed by atoms with Crippen molar-refractivity contribution < 1.29 is 14.7 Å². The van der Waals surface area contributed by atoms with Crippen molar-refractivity contribution in [2.24, 2.45) is 5.92 Å². The maximum Gasteiger partial charge on any atom is 0.317 e. The number of hydrogen-bond donors (Lipinski definition) is 2. The van der Waals surface area contributed by atoms with E-state index in [0.29, 0.717) is 26.1 Å². The standard InChI is InChI=1S/C14H21N3O3/c1-3-17(10-12-6-4-5-8-15-12)14(20)16-9-7-11(2)13(18)19/h4-6,8,11H,3,7,9-10H2,1-2H3,(H,16,20)(H,18,19). The number of hydrogen-bond acceptors (Lipinski definition) is 3. The summed E-state index contributed by atoms with van der Waals surface area (Å²) in [5.74, 6) is -1.30. The van der Waals surface area contributed by atoms with Crippen LogP contribution in [0.5, 0.6) is 0 Å². The van der Waals surface area contributed by atoms with E-state index >= 15 is 0 Å². The van der Waals surface area contributed by atoms with Crippen molar-refractivity contribution in [3.63, 3.8) is 0 Å². The molecule has 0 spiro atoms. The number of urea groups is 1. The second-order valence-electron chi connectivity index (χ2n) is 4.60. The van der Waals surface area contributed by atoms with Crippen molar-refractivity contribution in [2.45, 2.75) is 26.8 Å². The Labute approximate surface area is 118 Å². The van der Waals surface area contributed by atoms with Gasteiger partial charge in [-0.15, -0.1) is 0 Å². The van der Waals surface area contributed by atoms with Crippen LogP contribution in [0, 0.1) is 5.92 Å². The molecule has 0 aliphatic heterocycles. The highest BCUT2D eigenvalue weighted by Crippen LogP contribution is 2.03. The minimum Gasteiger partial charge on any atom is -0.481 e. The molecule has 1 aromatic heterocycles. The monoisotopic (exact) mass is 279 g/mol. The molecule has 1 heterocycles. The summed E-state index contributed by atoms with van der Waals surface area (Å²) in [6, 6.07) is 5.37. The number of nitrogens with one attached hydrogen (secondary N) is 1. The maximum absolute atomic E-state index is 12.0. The van der Waals surface area contributed by atoms with Crippen molar-refractivity contribution in [3.8, 4) is 0 Å². The highest BCUT2D eigenvalue weighted by molar-refractivity contribution is 5.74. The smallest absolute Gasteiger partial charge is 0.317 e. The normalized spacial score (nSPS) is 11.7. The van der Waals surface area contributed by atoms with Gasteiger partial charge in [0, 0.05) is 19.3 Å². The summed E-state index contributed by atoms with van der Waals surface area (Å²) in [5, 5.41) is 11.5. The van der Waals surface area contributed by atoms with Crippen LogP contribution in [0.15, 0.2) is 24.4 Å². The summed E-state index contributed by atoms with van der Waals surface area (Å²) in [5.41, 5.74) is 0.823. The molecule has 6 nitrogen and oxygen atoms in total. The molecule has 20 heavy (non-hydrogen) atoms. The van der Waals surface area contributed by atoms with Gasteiger partial charge in [0.2, 0.25) is 0 Å². The first-order valence-electron chi connectivity index (χ1n) is 6.70. The van der Waals surface area contributed by atoms with Crippen LogP contribution in [0.25, 0.3) is 0 Å². The largest absolute Gasteiger partial charge is 0.481 e. The zero-order valence-corrected chi connectivity index (χ0v) is 11.9. The molecule has 1 rings (SSSR count). The van der Waals surface area contributed by atoms with Gasteiger partial charge in [-0.3, -0.25) is 9.78 Å². The van der Waals surface area contributed by atoms with Crippen LogP contribution in [-0.2, 0) is 11.3 Å². The van der Waals surface area contributed by atoms with Crippen LogP contribution in [0.4, 0.5) is 4.79 Å². The second kappa shape index (κ2) is 8.14. The molecule has 1 aromatic rings. The molecule has 1 atom stereocenters. The molecule has 0 aliphatic carbocycles. The third kappa shape index (κ3) is 5.26. The molecular formula is C14H21N3O3. The second-order valence-corrected chi connectivity index (χ2v) is 4.60. The number of pyridine rings is 1. The van der Waals surface area contributed by atoms with Crippen LogP contribution in [-0.4, -0.2) is 40.1 Å². The Hall–Kier alpha value is -2.11. The van der Waals surface area contributed by atoms with E-state index in [1.807, 2.05) is 25.1 Å². The SMILES string of the molecule is CCN(Cc1ccccn1)C(=O)NCCC(C)C(=O)O. The highest BCUT2D eigenvalue weighted by Gasteiger charge is 2.14. The van der Waals surface area contributed by atoms with Gasteiger partial charge in [-0.1, -0.05) is 13.0 Å². The lowest BCUT2D eigenvalue weighted by Gasteiger charge is -2.21. The predicted molar refractivity (Wildman–Crippen MR) is 75.1 cm³/mol. The third-order valence-corrected chi connectivity index (χ3v) is 3.02. The number of nitrogens with zero attached hydrogens (tertiary/aromatic N) is 2. The van der Waals surface area contributed by atoms with E-state index in [4.69, 9.17) is 5.11 Å². The molecule has 0 saturated carbocycles. The predicted octanol–water partition coefficient (Wildman–Crippen LogP) is 1.72. The summed E-state index contributed by atoms with van der Waals surface area (Å²) in [6.07, 6.45) is 2.11. The topological polar surface area (TPSA) is 82.5 Å². The van der Waals surface area contributed by atoms with Crippen molar-refractivity contribution in [3.05, 3.63) is 30.1 Å². The molecule has 0 aromatic carbocycles. The Bertz CT molecular complexity index is 437. The summed E-state index contributed by atoms with van der Waals surface area (Å²) in [7, 11) is 0. The van der Waals surface area contributed by atoms with Crippen molar-refractivity contribution in [2.75, 3.05) is 13.1 Å². The van der Waals surface area contributed by atoms with E-state index in [9.17, 15) is 9.59 Å². The van der Waals surface area contributed by atoms with Crippen molar-refractivity contribution in [1.29, 1.82) is 0 Å². The van der Waals surface area contributed by atoms with Crippen LogP contribution >= 0.6 is 0 Å². The van der Waals surface area contributed by atoms with Gasteiger partial charge in [0.1, 0.15) is 0 Å². The molecule has 0 fully saturated rings. The van der Waals surface area contributed by atoms with E-state index in [1.54, 1.807) is 18.0 Å². The Morgan fingerprint density at radius 1 is 1.45 bits per heavy atom. The average Bonchev–Trinajstić information content (AvgIpc) is 2.45. The van der Waals surface area contributed by atoms with Gasteiger partial charge in [0.15, 0.2) is 0 Å². The maximum atomic E-state index is 12.0. The zero-order valence-electron chi connectivity index (χ0n) is 11.9. The first-order valence-corrected chi connectivity index (χ1v) is 6.70. The van der Waals surface area contributed by atoms with Crippen molar-refractivity contribution in [1.82, 2.24) is 15.2 Å². The van der Waals surface area contributed by atoms with Crippen LogP contribution in [0.1, 0.15) is 26.0 Å². The molecule has 0 saturated heterocycles. The molecule has 2 amide bonds. The third-order valence-electron chi connectivity index (χ3n) is 3.02. The number of aromatic nitrogens is 1. The van der Waals surface area contributed by atoms with Crippen LogP contribution in [0.2, 0.25) is 0 Å². The summed E-state index contributed by atoms with van der Waals surface area (Å²) < 4.78 is 0. The Kier molecular flexibility index (Phi) is 6.49. The van der Waals surface area contributed by atoms with E-state index in [2.05, 4.69) is 10.3 Å². The minimum atomic E-state index is -0.847. The van der Waals surface area contributed by atoms with E-state index in [1.165, 1.54) is 0 Å². The van der Waals surface area contributed by atoms with E-state index in [-0.39, 0.29) is 6.03 Å². The average molecular weight is 279 g/mol. The molecular weight excluding hydrogens is 258 g/mol. The molecule has 0 bridgehead atoms. The lowest BCUT2D eigenvalue weighted by atomic mass is 10.1. The Morgan fingerprint density at radius 3 is 2.75 bits per heavy atom. The molecule has 6 heteroatoms. The zero-order chi connectivity index (χ0) is 15.0. The summed E-state index contributed by atoms with van der Waals surface area (Å²) in [4.78, 5) is 28.5. The van der Waals surface area contributed by atoms with E-state index in [0.717, 1.165) is 5.69 Å². The molecule has 0 aliphatic rings. The van der Waals surface area contributed by atoms with E-state index < -0.39 is 11.9 Å². The first-order chi connectivity index (χ1) is 9.54. The highest BCUT2D eigenvalue weighted by atomic mass is 16.4. The van der Waals surface area contributed by atoms with Crippen molar-refractivity contribution >= 4 is 12.0 Å². The van der Waals surface area contributed by atoms with Gasteiger partial charge in [0.05, 0.1) is 18.2 Å². The number of amides is 2. The molecule has 2 N–H and O–H groups in total. The lowest BCUT2D eigenvalue weighted by molar-refractivity contribution is -0.141. The molecule has 0 radical (unpaired) electrons. The fourth-order valence-electron chi connectivity index (χ4n) is 1.65. The van der Waals surface area contributed by atoms with Gasteiger partial charge >= 0.3 is 12.0 Å². The van der Waals surface area contributed by atoms with Gasteiger partial charge in [-0.05, 0) is 25.5 Å². The molecule has 1 unspecified atom stereocenters. The van der Waals surface area contributed by atoms with Crippen LogP contribution < -0.4 is 5.32 Å². The Morgan fingerprint density at radius 2 is 2.20 bits per heavy atom. The number of rotatable bonds is 7. The number of carboxylic acids is 1. The Balaban J connectivity index is 2.41. The van der Waals surface area contributed by atoms with Gasteiger partial charge in [-0.25, -0.2) is 4.79 Å². The van der Waals surface area contributed by atoms with Gasteiger partial charge < -0.3 is 15.3 Å². The molecule has 110 valence electrons. The number of aliphatic carboxylic acids is 1. The fraction of sp³-hybridized carbons (Fsp3) is 0.500. The number of carbonyl (C=O) groups is 2. The quantitative estimate of drug-likeness (QED) is 0.796. The summed E-state index contributed by atoms with van der Waals surface area (Å²) >= 11 is 0. The minimum absolute atomic E-state index is 0.198.